The monoisotopic (exact) mass is 230 g/mol. The first kappa shape index (κ1) is 12.8. The Morgan fingerprint density at radius 3 is 2.62 bits per heavy atom. The smallest absolute Gasteiger partial charge is 0.319 e. The standard InChI is InChI=1S/C10H18N2O4/c1-3-16-5-4-11(2)10(15)12-6-8(7-12)9(13)14/h8H,3-7H2,1-2H3,(H,13,14). The number of ether oxygens (including phenoxy) is 1. The number of carboxylic acid groups (broad SMARTS) is 1. The van der Waals surface area contributed by atoms with Crippen molar-refractivity contribution in [3.8, 4) is 0 Å². The van der Waals surface area contributed by atoms with Crippen molar-refractivity contribution in [1.29, 1.82) is 0 Å². The predicted octanol–water partition coefficient (Wildman–Crippen LogP) is 0.0911. The number of nitrogens with zero attached hydrogens (tertiary/aromatic N) is 2. The molecule has 6 heteroatoms. The highest BCUT2D eigenvalue weighted by molar-refractivity contribution is 5.79. The van der Waals surface area contributed by atoms with Gasteiger partial charge in [0, 0.05) is 33.3 Å². The van der Waals surface area contributed by atoms with Crippen LogP contribution < -0.4 is 0 Å². The predicted molar refractivity (Wildman–Crippen MR) is 57.2 cm³/mol. The third-order valence-electron chi connectivity index (χ3n) is 2.60. The summed E-state index contributed by atoms with van der Waals surface area (Å²) in [6.45, 7) is 4.19. The summed E-state index contributed by atoms with van der Waals surface area (Å²) in [6, 6.07) is -0.128. The van der Waals surface area contributed by atoms with Gasteiger partial charge in [-0.1, -0.05) is 0 Å². The maximum Gasteiger partial charge on any atom is 0.319 e. The normalized spacial score (nSPS) is 15.8. The van der Waals surface area contributed by atoms with Crippen LogP contribution in [0.1, 0.15) is 6.92 Å². The van der Waals surface area contributed by atoms with Crippen molar-refractivity contribution in [2.75, 3.05) is 39.9 Å². The van der Waals surface area contributed by atoms with Gasteiger partial charge in [0.1, 0.15) is 0 Å². The molecule has 0 radical (unpaired) electrons. The van der Waals surface area contributed by atoms with Gasteiger partial charge in [0.05, 0.1) is 12.5 Å². The molecule has 0 unspecified atom stereocenters. The van der Waals surface area contributed by atoms with Crippen molar-refractivity contribution >= 4 is 12.0 Å². The van der Waals surface area contributed by atoms with E-state index in [1.165, 1.54) is 4.90 Å². The van der Waals surface area contributed by atoms with Gasteiger partial charge < -0.3 is 19.6 Å². The molecule has 0 aromatic carbocycles. The molecule has 0 aliphatic carbocycles. The lowest BCUT2D eigenvalue weighted by Crippen LogP contribution is -2.56. The second-order valence-corrected chi connectivity index (χ2v) is 3.84. The van der Waals surface area contributed by atoms with E-state index in [1.807, 2.05) is 6.92 Å². The molecular formula is C10H18N2O4. The van der Waals surface area contributed by atoms with E-state index in [9.17, 15) is 9.59 Å². The first-order valence-electron chi connectivity index (χ1n) is 5.36. The Labute approximate surface area is 94.8 Å². The topological polar surface area (TPSA) is 70.1 Å². The fourth-order valence-corrected chi connectivity index (χ4v) is 1.47. The van der Waals surface area contributed by atoms with Crippen LogP contribution in [-0.2, 0) is 9.53 Å². The van der Waals surface area contributed by atoms with Crippen LogP contribution in [0, 0.1) is 5.92 Å². The van der Waals surface area contributed by atoms with Gasteiger partial charge in [-0.05, 0) is 6.92 Å². The summed E-state index contributed by atoms with van der Waals surface area (Å²) < 4.78 is 5.14. The molecule has 0 spiro atoms. The molecule has 1 heterocycles. The molecule has 16 heavy (non-hydrogen) atoms. The second-order valence-electron chi connectivity index (χ2n) is 3.84. The number of carboxylic acids is 1. The van der Waals surface area contributed by atoms with Gasteiger partial charge in [-0.15, -0.1) is 0 Å². The Balaban J connectivity index is 2.23. The molecule has 2 amide bonds. The molecule has 0 bridgehead atoms. The lowest BCUT2D eigenvalue weighted by Gasteiger charge is -2.38. The lowest BCUT2D eigenvalue weighted by atomic mass is 10.0. The number of urea groups is 1. The van der Waals surface area contributed by atoms with E-state index in [-0.39, 0.29) is 6.03 Å². The third-order valence-corrected chi connectivity index (χ3v) is 2.60. The van der Waals surface area contributed by atoms with Crippen LogP contribution in [0.25, 0.3) is 0 Å². The molecular weight excluding hydrogens is 212 g/mol. The number of hydrogen-bond donors (Lipinski definition) is 1. The zero-order chi connectivity index (χ0) is 12.1. The van der Waals surface area contributed by atoms with E-state index in [0.717, 1.165) is 0 Å². The highest BCUT2D eigenvalue weighted by Gasteiger charge is 2.36. The van der Waals surface area contributed by atoms with E-state index in [1.54, 1.807) is 11.9 Å². The van der Waals surface area contributed by atoms with E-state index >= 15 is 0 Å². The van der Waals surface area contributed by atoms with Crippen molar-refractivity contribution in [3.63, 3.8) is 0 Å². The summed E-state index contributed by atoms with van der Waals surface area (Å²) in [4.78, 5) is 25.3. The number of amides is 2. The van der Waals surface area contributed by atoms with Crippen molar-refractivity contribution < 1.29 is 19.4 Å². The molecule has 0 aromatic rings. The van der Waals surface area contributed by atoms with Crippen molar-refractivity contribution in [1.82, 2.24) is 9.80 Å². The maximum absolute atomic E-state index is 11.7. The highest BCUT2D eigenvalue weighted by Crippen LogP contribution is 2.16. The molecule has 0 atom stereocenters. The Bertz CT molecular complexity index is 264. The zero-order valence-corrected chi connectivity index (χ0v) is 9.68. The Morgan fingerprint density at radius 1 is 1.50 bits per heavy atom. The summed E-state index contributed by atoms with van der Waals surface area (Å²) in [6.07, 6.45) is 0. The van der Waals surface area contributed by atoms with Gasteiger partial charge in [-0.3, -0.25) is 4.79 Å². The average Bonchev–Trinajstić information content (AvgIpc) is 2.14. The van der Waals surface area contributed by atoms with Gasteiger partial charge >= 0.3 is 12.0 Å². The Kier molecular flexibility index (Phi) is 4.54. The van der Waals surface area contributed by atoms with Gasteiger partial charge in [0.15, 0.2) is 0 Å². The molecule has 0 aromatic heterocycles. The second kappa shape index (κ2) is 5.69. The SMILES string of the molecule is CCOCCN(C)C(=O)N1CC(C(=O)O)C1. The van der Waals surface area contributed by atoms with Crippen molar-refractivity contribution in [2.45, 2.75) is 6.92 Å². The fourth-order valence-electron chi connectivity index (χ4n) is 1.47. The van der Waals surface area contributed by atoms with Gasteiger partial charge in [-0.2, -0.15) is 0 Å². The Hall–Kier alpha value is -1.30. The molecule has 1 saturated heterocycles. The first-order valence-corrected chi connectivity index (χ1v) is 5.36. The van der Waals surface area contributed by atoms with Crippen LogP contribution >= 0.6 is 0 Å². The number of likely N-dealkylation sites (tertiary alicyclic amines) is 1. The van der Waals surface area contributed by atoms with E-state index in [4.69, 9.17) is 9.84 Å². The zero-order valence-electron chi connectivity index (χ0n) is 9.68. The molecule has 1 aliphatic heterocycles. The minimum Gasteiger partial charge on any atom is -0.481 e. The number of carbonyl (C=O) groups excluding carboxylic acids is 1. The van der Waals surface area contributed by atoms with Crippen LogP contribution in [-0.4, -0.2) is 66.8 Å². The molecule has 1 aliphatic rings. The van der Waals surface area contributed by atoms with E-state index in [0.29, 0.717) is 32.8 Å². The van der Waals surface area contributed by atoms with Crippen LogP contribution in [0.4, 0.5) is 4.79 Å². The quantitative estimate of drug-likeness (QED) is 0.680. The average molecular weight is 230 g/mol. The minimum atomic E-state index is -0.832. The number of carbonyl (C=O) groups is 2. The molecule has 0 saturated carbocycles. The largest absolute Gasteiger partial charge is 0.481 e. The van der Waals surface area contributed by atoms with E-state index in [2.05, 4.69) is 0 Å². The first-order chi connectivity index (χ1) is 7.56. The number of aliphatic carboxylic acids is 1. The van der Waals surface area contributed by atoms with Gasteiger partial charge in [-0.25, -0.2) is 4.79 Å². The number of likely N-dealkylation sites (N-methyl/N-ethyl adjacent to an activating group) is 1. The maximum atomic E-state index is 11.7. The summed E-state index contributed by atoms with van der Waals surface area (Å²) in [5.74, 6) is -1.23. The van der Waals surface area contributed by atoms with Crippen LogP contribution in [0.2, 0.25) is 0 Å². The minimum absolute atomic E-state index is 0.128. The van der Waals surface area contributed by atoms with Gasteiger partial charge in [0.2, 0.25) is 0 Å². The molecule has 92 valence electrons. The molecule has 1 rings (SSSR count). The molecule has 1 N–H and O–H groups in total. The fraction of sp³-hybridized carbons (Fsp3) is 0.800. The van der Waals surface area contributed by atoms with Crippen molar-refractivity contribution in [3.05, 3.63) is 0 Å². The highest BCUT2D eigenvalue weighted by atomic mass is 16.5. The number of hydrogen-bond acceptors (Lipinski definition) is 3. The lowest BCUT2D eigenvalue weighted by molar-refractivity contribution is -0.146. The summed E-state index contributed by atoms with van der Waals surface area (Å²) in [5.41, 5.74) is 0. The third kappa shape index (κ3) is 3.10. The molecule has 6 nitrogen and oxygen atoms in total. The Morgan fingerprint density at radius 2 is 2.12 bits per heavy atom. The van der Waals surface area contributed by atoms with Crippen LogP contribution in [0.3, 0.4) is 0 Å². The van der Waals surface area contributed by atoms with Crippen molar-refractivity contribution in [2.24, 2.45) is 5.92 Å². The summed E-state index contributed by atoms with van der Waals surface area (Å²) in [5, 5.41) is 8.67. The van der Waals surface area contributed by atoms with Crippen LogP contribution in [0.15, 0.2) is 0 Å². The summed E-state index contributed by atoms with van der Waals surface area (Å²) >= 11 is 0. The molecule has 1 fully saturated rings. The van der Waals surface area contributed by atoms with Gasteiger partial charge in [0.25, 0.3) is 0 Å². The number of rotatable bonds is 5. The summed E-state index contributed by atoms with van der Waals surface area (Å²) in [7, 11) is 1.69. The van der Waals surface area contributed by atoms with Crippen LogP contribution in [0.5, 0.6) is 0 Å². The van der Waals surface area contributed by atoms with E-state index < -0.39 is 11.9 Å².